The van der Waals surface area contributed by atoms with Crippen molar-refractivity contribution in [1.29, 1.82) is 0 Å². The Bertz CT molecular complexity index is 1060. The molecular weight excluding hydrogens is 426 g/mol. The van der Waals surface area contributed by atoms with E-state index in [0.717, 1.165) is 35.0 Å². The highest BCUT2D eigenvalue weighted by Crippen LogP contribution is 2.36. The molecule has 0 aliphatic rings. The lowest BCUT2D eigenvalue weighted by molar-refractivity contribution is -0.136. The summed E-state index contributed by atoms with van der Waals surface area (Å²) in [6, 6.07) is 11.2. The van der Waals surface area contributed by atoms with E-state index < -0.39 is 5.97 Å². The molecule has 0 aliphatic carbocycles. The highest BCUT2D eigenvalue weighted by atomic mass is 16.4. The molecule has 3 rings (SSSR count). The molecule has 6 nitrogen and oxygen atoms in total. The summed E-state index contributed by atoms with van der Waals surface area (Å²) in [5.74, 6) is -0.145. The molecule has 0 spiro atoms. The van der Waals surface area contributed by atoms with Gasteiger partial charge in [-0.05, 0) is 72.4 Å². The number of aromatic hydroxyl groups is 1. The standard InChI is InChI=1S/C28H39N3O3/c1-5-6-7-8-11-22(28(2,3)4)16-14-21-19-26(32)25(18-20(21)15-17-27(33)34)31-29-23-12-9-10-13-24(23)30-31/h9-10,12-13,18-19,22,32H,5-8,11,14-17H2,1-4H3,(H,33,34). The van der Waals surface area contributed by atoms with Crippen molar-refractivity contribution < 1.29 is 15.0 Å². The Hall–Kier alpha value is -2.89. The molecule has 2 aromatic carbocycles. The zero-order valence-electron chi connectivity index (χ0n) is 21.0. The van der Waals surface area contributed by atoms with Crippen molar-refractivity contribution in [1.82, 2.24) is 15.0 Å². The van der Waals surface area contributed by atoms with Crippen molar-refractivity contribution in [2.45, 2.75) is 85.5 Å². The average molecular weight is 466 g/mol. The largest absolute Gasteiger partial charge is 0.506 e. The van der Waals surface area contributed by atoms with Crippen LogP contribution >= 0.6 is 0 Å². The van der Waals surface area contributed by atoms with E-state index in [1.165, 1.54) is 36.9 Å². The Kier molecular flexibility index (Phi) is 8.70. The first kappa shape index (κ1) is 25.7. The number of aromatic nitrogens is 3. The van der Waals surface area contributed by atoms with Gasteiger partial charge in [0.1, 0.15) is 22.5 Å². The number of carboxylic acid groups (broad SMARTS) is 1. The molecule has 3 aromatic rings. The number of aliphatic carboxylic acids is 1. The normalized spacial score (nSPS) is 12.8. The third kappa shape index (κ3) is 6.81. The topological polar surface area (TPSA) is 88.2 Å². The van der Waals surface area contributed by atoms with Crippen LogP contribution in [0.25, 0.3) is 16.7 Å². The lowest BCUT2D eigenvalue weighted by atomic mass is 9.74. The first-order valence-corrected chi connectivity index (χ1v) is 12.6. The molecule has 184 valence electrons. The smallest absolute Gasteiger partial charge is 0.303 e. The number of phenolic OH excluding ortho intramolecular Hbond substituents is 1. The van der Waals surface area contributed by atoms with E-state index in [4.69, 9.17) is 0 Å². The summed E-state index contributed by atoms with van der Waals surface area (Å²) < 4.78 is 0. The van der Waals surface area contributed by atoms with Gasteiger partial charge in [0.25, 0.3) is 0 Å². The fourth-order valence-corrected chi connectivity index (χ4v) is 4.66. The van der Waals surface area contributed by atoms with Crippen molar-refractivity contribution in [3.05, 3.63) is 47.5 Å². The second-order valence-electron chi connectivity index (χ2n) is 10.4. The Morgan fingerprint density at radius 3 is 2.21 bits per heavy atom. The maximum atomic E-state index is 11.3. The van der Waals surface area contributed by atoms with Crippen LogP contribution in [0.2, 0.25) is 0 Å². The number of unbranched alkanes of at least 4 members (excludes halogenated alkanes) is 3. The summed E-state index contributed by atoms with van der Waals surface area (Å²) in [4.78, 5) is 12.8. The van der Waals surface area contributed by atoms with Gasteiger partial charge >= 0.3 is 5.97 Å². The van der Waals surface area contributed by atoms with Crippen LogP contribution in [0.5, 0.6) is 5.75 Å². The van der Waals surface area contributed by atoms with Crippen molar-refractivity contribution in [3.8, 4) is 11.4 Å². The van der Waals surface area contributed by atoms with Crippen LogP contribution in [-0.4, -0.2) is 31.2 Å². The second kappa shape index (κ2) is 11.5. The third-order valence-corrected chi connectivity index (χ3v) is 6.80. The van der Waals surface area contributed by atoms with Crippen molar-refractivity contribution in [2.75, 3.05) is 0 Å². The molecule has 0 radical (unpaired) electrons. The highest BCUT2D eigenvalue weighted by molar-refractivity contribution is 5.73. The van der Waals surface area contributed by atoms with Gasteiger partial charge in [0.05, 0.1) is 0 Å². The lowest BCUT2D eigenvalue weighted by Crippen LogP contribution is -2.21. The maximum absolute atomic E-state index is 11.3. The van der Waals surface area contributed by atoms with E-state index >= 15 is 0 Å². The number of nitrogens with zero attached hydrogens (tertiary/aromatic N) is 3. The molecule has 2 N–H and O–H groups in total. The number of carboxylic acids is 1. The van der Waals surface area contributed by atoms with Crippen molar-refractivity contribution in [3.63, 3.8) is 0 Å². The number of hydrogen-bond donors (Lipinski definition) is 2. The summed E-state index contributed by atoms with van der Waals surface area (Å²) >= 11 is 0. The minimum Gasteiger partial charge on any atom is -0.506 e. The number of rotatable bonds is 12. The summed E-state index contributed by atoms with van der Waals surface area (Å²) in [6.45, 7) is 9.14. The first-order chi connectivity index (χ1) is 16.2. The van der Waals surface area contributed by atoms with Crippen molar-refractivity contribution >= 4 is 17.0 Å². The Morgan fingerprint density at radius 2 is 1.62 bits per heavy atom. The Labute approximate surface area is 203 Å². The van der Waals surface area contributed by atoms with E-state index in [-0.39, 0.29) is 17.6 Å². The molecule has 6 heteroatoms. The van der Waals surface area contributed by atoms with E-state index in [0.29, 0.717) is 18.0 Å². The minimum atomic E-state index is -0.827. The summed E-state index contributed by atoms with van der Waals surface area (Å²) in [5.41, 5.74) is 4.13. The number of fused-ring (bicyclic) bond motifs is 1. The van der Waals surface area contributed by atoms with Gasteiger partial charge in [-0.3, -0.25) is 4.79 Å². The molecule has 1 heterocycles. The van der Waals surface area contributed by atoms with Crippen LogP contribution in [0.15, 0.2) is 36.4 Å². The maximum Gasteiger partial charge on any atom is 0.303 e. The number of hydrogen-bond acceptors (Lipinski definition) is 4. The second-order valence-corrected chi connectivity index (χ2v) is 10.4. The number of phenols is 1. The van der Waals surface area contributed by atoms with Crippen LogP contribution in [0.3, 0.4) is 0 Å². The molecule has 1 atom stereocenters. The number of aryl methyl sites for hydroxylation is 2. The fourth-order valence-electron chi connectivity index (χ4n) is 4.66. The quantitative estimate of drug-likeness (QED) is 0.290. The molecule has 0 amide bonds. The predicted octanol–water partition coefficient (Wildman–Crippen LogP) is 6.71. The van der Waals surface area contributed by atoms with Gasteiger partial charge in [-0.1, -0.05) is 65.5 Å². The molecule has 1 unspecified atom stereocenters. The van der Waals surface area contributed by atoms with E-state index in [1.54, 1.807) is 6.07 Å². The van der Waals surface area contributed by atoms with E-state index in [2.05, 4.69) is 37.9 Å². The van der Waals surface area contributed by atoms with Gasteiger partial charge in [0.15, 0.2) is 0 Å². The fraction of sp³-hybridized carbons (Fsp3) is 0.536. The molecule has 0 saturated heterocycles. The van der Waals surface area contributed by atoms with Gasteiger partial charge in [-0.25, -0.2) is 0 Å². The van der Waals surface area contributed by atoms with Crippen LogP contribution in [0.4, 0.5) is 0 Å². The van der Waals surface area contributed by atoms with E-state index in [9.17, 15) is 15.0 Å². The number of carbonyl (C=O) groups is 1. The van der Waals surface area contributed by atoms with Gasteiger partial charge in [0, 0.05) is 6.42 Å². The highest BCUT2D eigenvalue weighted by Gasteiger charge is 2.24. The summed E-state index contributed by atoms with van der Waals surface area (Å²) in [6.07, 6.45) is 8.51. The predicted molar refractivity (Wildman–Crippen MR) is 137 cm³/mol. The van der Waals surface area contributed by atoms with Gasteiger partial charge < -0.3 is 10.2 Å². The summed E-state index contributed by atoms with van der Waals surface area (Å²) in [5, 5.41) is 29.2. The Balaban J connectivity index is 1.86. The Morgan fingerprint density at radius 1 is 0.971 bits per heavy atom. The van der Waals surface area contributed by atoms with Crippen LogP contribution in [-0.2, 0) is 17.6 Å². The molecule has 34 heavy (non-hydrogen) atoms. The molecule has 0 bridgehead atoms. The van der Waals surface area contributed by atoms with Crippen molar-refractivity contribution in [2.24, 2.45) is 11.3 Å². The average Bonchev–Trinajstić information content (AvgIpc) is 3.20. The zero-order valence-corrected chi connectivity index (χ0v) is 21.0. The van der Waals surface area contributed by atoms with Crippen LogP contribution < -0.4 is 0 Å². The first-order valence-electron chi connectivity index (χ1n) is 12.6. The molecular formula is C28H39N3O3. The van der Waals surface area contributed by atoms with Gasteiger partial charge in [-0.2, -0.15) is 0 Å². The SMILES string of the molecule is CCCCCCC(CCc1cc(O)c(-n2nc3ccccc3n2)cc1CCC(=O)O)C(C)(C)C. The minimum absolute atomic E-state index is 0.0471. The monoisotopic (exact) mass is 465 g/mol. The lowest BCUT2D eigenvalue weighted by Gasteiger charge is -2.31. The molecule has 0 saturated carbocycles. The third-order valence-electron chi connectivity index (χ3n) is 6.80. The van der Waals surface area contributed by atoms with Crippen LogP contribution in [0.1, 0.15) is 83.8 Å². The summed E-state index contributed by atoms with van der Waals surface area (Å²) in [7, 11) is 0. The molecule has 0 aliphatic heterocycles. The van der Waals surface area contributed by atoms with Gasteiger partial charge in [0.2, 0.25) is 0 Å². The zero-order chi connectivity index (χ0) is 24.7. The van der Waals surface area contributed by atoms with Crippen LogP contribution in [0, 0.1) is 11.3 Å². The molecule has 0 fully saturated rings. The number of benzene rings is 2. The van der Waals surface area contributed by atoms with Gasteiger partial charge in [-0.15, -0.1) is 15.0 Å². The molecule has 1 aromatic heterocycles. The van der Waals surface area contributed by atoms with E-state index in [1.807, 2.05) is 30.3 Å².